The number of benzene rings is 1. The van der Waals surface area contributed by atoms with Crippen molar-refractivity contribution in [2.75, 3.05) is 5.73 Å². The van der Waals surface area contributed by atoms with E-state index in [9.17, 15) is 0 Å². The van der Waals surface area contributed by atoms with E-state index in [0.29, 0.717) is 11.1 Å². The first-order chi connectivity index (χ1) is 7.16. The second-order valence-electron chi connectivity index (χ2n) is 3.18. The highest BCUT2D eigenvalue weighted by molar-refractivity contribution is 7.99. The summed E-state index contributed by atoms with van der Waals surface area (Å²) >= 11 is 1.38. The van der Waals surface area contributed by atoms with Gasteiger partial charge in [-0.25, -0.2) is 0 Å². The van der Waals surface area contributed by atoms with Gasteiger partial charge in [-0.2, -0.15) is 0 Å². The minimum absolute atomic E-state index is 0.518. The molecular formula is C10H11N3OS. The van der Waals surface area contributed by atoms with Crippen LogP contribution in [0.3, 0.4) is 0 Å². The number of aryl methyl sites for hydroxylation is 2. The molecule has 0 unspecified atom stereocenters. The molecule has 0 spiro atoms. The maximum atomic E-state index is 5.93. The van der Waals surface area contributed by atoms with Crippen LogP contribution in [0.25, 0.3) is 0 Å². The van der Waals surface area contributed by atoms with Crippen LogP contribution in [0, 0.1) is 13.8 Å². The van der Waals surface area contributed by atoms with Crippen molar-refractivity contribution in [1.82, 2.24) is 10.2 Å². The SMILES string of the molecule is Cc1nnc(Sc2cccc(C)c2N)o1. The molecule has 0 saturated carbocycles. The van der Waals surface area contributed by atoms with Gasteiger partial charge < -0.3 is 10.2 Å². The van der Waals surface area contributed by atoms with Gasteiger partial charge in [0, 0.05) is 17.5 Å². The molecule has 5 heteroatoms. The Kier molecular flexibility index (Phi) is 2.64. The predicted molar refractivity (Wildman–Crippen MR) is 58.7 cm³/mol. The zero-order chi connectivity index (χ0) is 10.8. The van der Waals surface area contributed by atoms with E-state index in [1.165, 1.54) is 11.8 Å². The number of hydrogen-bond acceptors (Lipinski definition) is 5. The Morgan fingerprint density at radius 2 is 2.07 bits per heavy atom. The summed E-state index contributed by atoms with van der Waals surface area (Å²) in [6.07, 6.45) is 0. The van der Waals surface area contributed by atoms with Crippen LogP contribution in [0.4, 0.5) is 5.69 Å². The number of rotatable bonds is 2. The normalized spacial score (nSPS) is 10.5. The van der Waals surface area contributed by atoms with E-state index < -0.39 is 0 Å². The first-order valence-corrected chi connectivity index (χ1v) is 5.31. The first-order valence-electron chi connectivity index (χ1n) is 4.50. The quantitative estimate of drug-likeness (QED) is 0.789. The van der Waals surface area contributed by atoms with Crippen LogP contribution in [0.5, 0.6) is 0 Å². The van der Waals surface area contributed by atoms with E-state index in [1.807, 2.05) is 25.1 Å². The fourth-order valence-electron chi connectivity index (χ4n) is 1.16. The molecule has 0 atom stereocenters. The lowest BCUT2D eigenvalue weighted by Crippen LogP contribution is -1.91. The Morgan fingerprint density at radius 3 is 2.73 bits per heavy atom. The number of aromatic nitrogens is 2. The van der Waals surface area contributed by atoms with Gasteiger partial charge in [-0.15, -0.1) is 10.2 Å². The summed E-state index contributed by atoms with van der Waals surface area (Å²) in [6.45, 7) is 3.73. The summed E-state index contributed by atoms with van der Waals surface area (Å²) in [5.74, 6) is 0.559. The Hall–Kier alpha value is -1.49. The first kappa shape index (κ1) is 10.0. The van der Waals surface area contributed by atoms with E-state index in [1.54, 1.807) is 6.92 Å². The molecule has 78 valence electrons. The molecule has 1 aromatic carbocycles. The van der Waals surface area contributed by atoms with Gasteiger partial charge in [0.15, 0.2) is 0 Å². The van der Waals surface area contributed by atoms with Crippen molar-refractivity contribution < 1.29 is 4.42 Å². The summed E-state index contributed by atoms with van der Waals surface area (Å²) in [5.41, 5.74) is 7.74. The van der Waals surface area contributed by atoms with Gasteiger partial charge >= 0.3 is 0 Å². The van der Waals surface area contributed by atoms with E-state index >= 15 is 0 Å². The molecule has 0 saturated heterocycles. The van der Waals surface area contributed by atoms with Crippen LogP contribution in [0.15, 0.2) is 32.7 Å². The lowest BCUT2D eigenvalue weighted by molar-refractivity contribution is 0.429. The molecule has 0 fully saturated rings. The molecule has 4 nitrogen and oxygen atoms in total. The molecule has 0 amide bonds. The lowest BCUT2D eigenvalue weighted by atomic mass is 10.2. The number of nitrogens with two attached hydrogens (primary N) is 1. The molecule has 2 aromatic rings. The fourth-order valence-corrected chi connectivity index (χ4v) is 2.01. The van der Waals surface area contributed by atoms with Crippen molar-refractivity contribution >= 4 is 17.4 Å². The topological polar surface area (TPSA) is 64.9 Å². The van der Waals surface area contributed by atoms with Gasteiger partial charge in [-0.1, -0.05) is 12.1 Å². The average Bonchev–Trinajstić information content (AvgIpc) is 2.59. The largest absolute Gasteiger partial charge is 0.416 e. The van der Waals surface area contributed by atoms with Crippen LogP contribution in [0.2, 0.25) is 0 Å². The van der Waals surface area contributed by atoms with E-state index in [4.69, 9.17) is 10.2 Å². The summed E-state index contributed by atoms with van der Waals surface area (Å²) < 4.78 is 5.27. The molecule has 0 aliphatic rings. The third-order valence-electron chi connectivity index (χ3n) is 1.99. The molecule has 1 aromatic heterocycles. The van der Waals surface area contributed by atoms with Crippen molar-refractivity contribution in [1.29, 1.82) is 0 Å². The molecule has 0 aliphatic heterocycles. The van der Waals surface area contributed by atoms with E-state index in [0.717, 1.165) is 16.1 Å². The Morgan fingerprint density at radius 1 is 1.27 bits per heavy atom. The van der Waals surface area contributed by atoms with Gasteiger partial charge in [-0.3, -0.25) is 0 Å². The highest BCUT2D eigenvalue weighted by Gasteiger charge is 2.08. The molecule has 0 bridgehead atoms. The van der Waals surface area contributed by atoms with Gasteiger partial charge in [0.1, 0.15) is 0 Å². The van der Waals surface area contributed by atoms with Crippen LogP contribution in [-0.4, -0.2) is 10.2 Å². The summed E-state index contributed by atoms with van der Waals surface area (Å²) in [4.78, 5) is 0.943. The molecule has 1 heterocycles. The van der Waals surface area contributed by atoms with Crippen LogP contribution < -0.4 is 5.73 Å². The zero-order valence-electron chi connectivity index (χ0n) is 8.52. The summed E-state index contributed by atoms with van der Waals surface area (Å²) in [6, 6.07) is 5.86. The van der Waals surface area contributed by atoms with Crippen molar-refractivity contribution in [3.63, 3.8) is 0 Å². The monoisotopic (exact) mass is 221 g/mol. The smallest absolute Gasteiger partial charge is 0.281 e. The van der Waals surface area contributed by atoms with Crippen molar-refractivity contribution in [3.8, 4) is 0 Å². The highest BCUT2D eigenvalue weighted by atomic mass is 32.2. The lowest BCUT2D eigenvalue weighted by Gasteiger charge is -2.04. The molecular weight excluding hydrogens is 210 g/mol. The van der Waals surface area contributed by atoms with Crippen LogP contribution in [-0.2, 0) is 0 Å². The van der Waals surface area contributed by atoms with E-state index in [-0.39, 0.29) is 0 Å². The van der Waals surface area contributed by atoms with Crippen LogP contribution >= 0.6 is 11.8 Å². The third kappa shape index (κ3) is 2.12. The Balaban J connectivity index is 2.28. The maximum absolute atomic E-state index is 5.93. The molecule has 15 heavy (non-hydrogen) atoms. The standard InChI is InChI=1S/C10H11N3OS/c1-6-4-3-5-8(9(6)11)15-10-13-12-7(2)14-10/h3-5H,11H2,1-2H3. The average molecular weight is 221 g/mol. The maximum Gasteiger partial charge on any atom is 0.281 e. The number of nitrogen functional groups attached to an aromatic ring is 1. The minimum atomic E-state index is 0.518. The highest BCUT2D eigenvalue weighted by Crippen LogP contribution is 2.32. The molecule has 2 N–H and O–H groups in total. The van der Waals surface area contributed by atoms with Crippen molar-refractivity contribution in [2.45, 2.75) is 24.0 Å². The van der Waals surface area contributed by atoms with Gasteiger partial charge in [0.25, 0.3) is 5.22 Å². The third-order valence-corrected chi connectivity index (χ3v) is 2.90. The van der Waals surface area contributed by atoms with E-state index in [2.05, 4.69) is 10.2 Å². The zero-order valence-corrected chi connectivity index (χ0v) is 9.34. The second kappa shape index (κ2) is 3.94. The Labute approximate surface area is 91.9 Å². The van der Waals surface area contributed by atoms with Gasteiger partial charge in [0.05, 0.1) is 0 Å². The molecule has 2 rings (SSSR count). The van der Waals surface area contributed by atoms with Crippen molar-refractivity contribution in [2.24, 2.45) is 0 Å². The predicted octanol–water partition coefficient (Wildman–Crippen LogP) is 2.42. The fraction of sp³-hybridized carbons (Fsp3) is 0.200. The second-order valence-corrected chi connectivity index (χ2v) is 4.17. The molecule has 0 radical (unpaired) electrons. The summed E-state index contributed by atoms with van der Waals surface area (Å²) in [7, 11) is 0. The van der Waals surface area contributed by atoms with Crippen molar-refractivity contribution in [3.05, 3.63) is 29.7 Å². The van der Waals surface area contributed by atoms with Crippen LogP contribution in [0.1, 0.15) is 11.5 Å². The van der Waals surface area contributed by atoms with Gasteiger partial charge in [0.2, 0.25) is 5.89 Å². The number of hydrogen-bond donors (Lipinski definition) is 1. The number of nitrogens with zero attached hydrogens (tertiary/aromatic N) is 2. The molecule has 0 aliphatic carbocycles. The number of para-hydroxylation sites is 1. The van der Waals surface area contributed by atoms with Gasteiger partial charge in [-0.05, 0) is 30.3 Å². The summed E-state index contributed by atoms with van der Waals surface area (Å²) in [5, 5.41) is 8.18. The Bertz CT molecular complexity index is 481. The number of anilines is 1. The minimum Gasteiger partial charge on any atom is -0.416 e.